The van der Waals surface area contributed by atoms with Gasteiger partial charge in [-0.3, -0.25) is 4.90 Å². The van der Waals surface area contributed by atoms with Gasteiger partial charge in [-0.05, 0) is 50.1 Å². The molecule has 0 N–H and O–H groups in total. The molecule has 0 bridgehead atoms. The lowest BCUT2D eigenvalue weighted by atomic mass is 10.1. The van der Waals surface area contributed by atoms with Gasteiger partial charge in [0, 0.05) is 12.6 Å². The second-order valence-corrected chi connectivity index (χ2v) is 5.78. The Balaban J connectivity index is 1.50. The second-order valence-electron chi connectivity index (χ2n) is 5.78. The molecule has 1 aromatic rings. The summed E-state index contributed by atoms with van der Waals surface area (Å²) in [6.45, 7) is 2.70. The van der Waals surface area contributed by atoms with Crippen molar-refractivity contribution in [2.45, 2.75) is 38.1 Å². The minimum absolute atomic E-state index is 0.811. The summed E-state index contributed by atoms with van der Waals surface area (Å²) in [6.07, 6.45) is 11.6. The molecule has 1 nitrogen and oxygen atoms in total. The van der Waals surface area contributed by atoms with E-state index in [1.165, 1.54) is 50.8 Å². The molecule has 1 saturated carbocycles. The highest BCUT2D eigenvalue weighted by atomic mass is 15.2. The topological polar surface area (TPSA) is 3.24 Å². The van der Waals surface area contributed by atoms with Gasteiger partial charge in [0.1, 0.15) is 0 Å². The second kappa shape index (κ2) is 5.71. The molecule has 0 amide bonds. The Bertz CT molecular complexity index is 391. The van der Waals surface area contributed by atoms with Gasteiger partial charge in [-0.15, -0.1) is 0 Å². The zero-order valence-electron chi connectivity index (χ0n) is 11.1. The largest absolute Gasteiger partial charge is 0.300 e. The fraction of sp³-hybridized carbons (Fsp3) is 0.529. The van der Waals surface area contributed by atoms with Crippen LogP contribution in [0.15, 0.2) is 36.4 Å². The van der Waals surface area contributed by atoms with Gasteiger partial charge in [0.2, 0.25) is 0 Å². The number of likely N-dealkylation sites (tertiary alicyclic amines) is 1. The molecule has 1 heterocycles. The predicted octanol–water partition coefficient (Wildman–Crippen LogP) is 3.96. The van der Waals surface area contributed by atoms with Crippen LogP contribution >= 0.6 is 0 Å². The van der Waals surface area contributed by atoms with Crippen LogP contribution in [0.4, 0.5) is 0 Å². The summed E-state index contributed by atoms with van der Waals surface area (Å²) < 4.78 is 0. The molecule has 96 valence electrons. The Morgan fingerprint density at radius 1 is 1.11 bits per heavy atom. The van der Waals surface area contributed by atoms with E-state index >= 15 is 0 Å². The van der Waals surface area contributed by atoms with Gasteiger partial charge in [-0.25, -0.2) is 0 Å². The lowest BCUT2D eigenvalue weighted by Crippen LogP contribution is -2.30. The molecule has 3 rings (SSSR count). The maximum absolute atomic E-state index is 2.73. The van der Waals surface area contributed by atoms with Crippen molar-refractivity contribution in [3.8, 4) is 0 Å². The van der Waals surface area contributed by atoms with Crippen molar-refractivity contribution in [2.24, 2.45) is 5.92 Å². The molecule has 1 aromatic carbocycles. The number of hydrogen-bond acceptors (Lipinski definition) is 1. The van der Waals surface area contributed by atoms with E-state index in [2.05, 4.69) is 47.4 Å². The van der Waals surface area contributed by atoms with Crippen LogP contribution in [-0.4, -0.2) is 24.0 Å². The van der Waals surface area contributed by atoms with Gasteiger partial charge >= 0.3 is 0 Å². The average Bonchev–Trinajstić information content (AvgIpc) is 3.11. The van der Waals surface area contributed by atoms with Gasteiger partial charge in [0.05, 0.1) is 0 Å². The normalized spacial score (nSPS) is 25.0. The molecule has 1 unspecified atom stereocenters. The van der Waals surface area contributed by atoms with Crippen molar-refractivity contribution in [2.75, 3.05) is 13.1 Å². The van der Waals surface area contributed by atoms with Gasteiger partial charge in [-0.2, -0.15) is 0 Å². The standard InChI is InChI=1S/C17H23N/c1-2-6-15(7-3-1)8-4-9-17-10-5-13-18(17)14-16-11-12-16/h1-4,6-8,16-17H,5,9-14H2. The van der Waals surface area contributed by atoms with Crippen molar-refractivity contribution in [3.63, 3.8) is 0 Å². The average molecular weight is 241 g/mol. The van der Waals surface area contributed by atoms with E-state index in [-0.39, 0.29) is 0 Å². The third-order valence-corrected chi connectivity index (χ3v) is 4.21. The quantitative estimate of drug-likeness (QED) is 0.754. The predicted molar refractivity (Wildman–Crippen MR) is 77.4 cm³/mol. The summed E-state index contributed by atoms with van der Waals surface area (Å²) in [7, 11) is 0. The van der Waals surface area contributed by atoms with Gasteiger partial charge < -0.3 is 0 Å². The number of hydrogen-bond donors (Lipinski definition) is 0. The first-order valence-electron chi connectivity index (χ1n) is 7.37. The maximum Gasteiger partial charge on any atom is 0.0130 e. The Kier molecular flexibility index (Phi) is 3.80. The summed E-state index contributed by atoms with van der Waals surface area (Å²) >= 11 is 0. The van der Waals surface area contributed by atoms with Crippen LogP contribution in [0.3, 0.4) is 0 Å². The van der Waals surface area contributed by atoms with E-state index < -0.39 is 0 Å². The van der Waals surface area contributed by atoms with Crippen LogP contribution in [0, 0.1) is 5.92 Å². The SMILES string of the molecule is C(=Cc1ccccc1)CC1CCCN1CC1CC1. The van der Waals surface area contributed by atoms with Crippen molar-refractivity contribution in [3.05, 3.63) is 42.0 Å². The lowest BCUT2D eigenvalue weighted by molar-refractivity contribution is 0.245. The van der Waals surface area contributed by atoms with Crippen LogP contribution < -0.4 is 0 Å². The molecule has 1 saturated heterocycles. The third-order valence-electron chi connectivity index (χ3n) is 4.21. The molecule has 1 aliphatic heterocycles. The first-order valence-corrected chi connectivity index (χ1v) is 7.37. The van der Waals surface area contributed by atoms with Crippen LogP contribution in [0.1, 0.15) is 37.7 Å². The molecule has 18 heavy (non-hydrogen) atoms. The molecular formula is C17H23N. The zero-order chi connectivity index (χ0) is 12.2. The first-order chi connectivity index (χ1) is 8.92. The molecule has 0 aromatic heterocycles. The molecule has 1 heteroatoms. The molecule has 2 fully saturated rings. The van der Waals surface area contributed by atoms with Crippen molar-refractivity contribution >= 4 is 6.08 Å². The molecule has 1 aliphatic carbocycles. The van der Waals surface area contributed by atoms with Gasteiger partial charge in [-0.1, -0.05) is 42.5 Å². The van der Waals surface area contributed by atoms with Gasteiger partial charge in [0.15, 0.2) is 0 Å². The third kappa shape index (κ3) is 3.23. The lowest BCUT2D eigenvalue weighted by Gasteiger charge is -2.23. The first kappa shape index (κ1) is 12.0. The zero-order valence-corrected chi connectivity index (χ0v) is 11.1. The molecule has 0 radical (unpaired) electrons. The van der Waals surface area contributed by atoms with Gasteiger partial charge in [0.25, 0.3) is 0 Å². The highest BCUT2D eigenvalue weighted by molar-refractivity contribution is 5.48. The molecule has 2 aliphatic rings. The summed E-state index contributed by atoms with van der Waals surface area (Å²) in [5, 5.41) is 0. The number of nitrogens with zero attached hydrogens (tertiary/aromatic N) is 1. The maximum atomic E-state index is 2.73. The fourth-order valence-electron chi connectivity index (χ4n) is 2.96. The van der Waals surface area contributed by atoms with Crippen molar-refractivity contribution in [1.82, 2.24) is 4.90 Å². The Hall–Kier alpha value is -1.08. The molecule has 0 spiro atoms. The number of benzene rings is 1. The highest BCUT2D eigenvalue weighted by Gasteiger charge is 2.30. The Morgan fingerprint density at radius 3 is 2.72 bits per heavy atom. The van der Waals surface area contributed by atoms with E-state index in [9.17, 15) is 0 Å². The van der Waals surface area contributed by atoms with Crippen molar-refractivity contribution < 1.29 is 0 Å². The van der Waals surface area contributed by atoms with Crippen LogP contribution in [0.25, 0.3) is 6.08 Å². The molecule has 1 atom stereocenters. The van der Waals surface area contributed by atoms with E-state index in [0.717, 1.165) is 12.0 Å². The minimum Gasteiger partial charge on any atom is -0.300 e. The monoisotopic (exact) mass is 241 g/mol. The van der Waals surface area contributed by atoms with E-state index in [1.807, 2.05) is 0 Å². The van der Waals surface area contributed by atoms with E-state index in [4.69, 9.17) is 0 Å². The van der Waals surface area contributed by atoms with Crippen LogP contribution in [-0.2, 0) is 0 Å². The molecular weight excluding hydrogens is 218 g/mol. The Labute approximate surface area is 111 Å². The summed E-state index contributed by atoms with van der Waals surface area (Å²) in [4.78, 5) is 2.73. The van der Waals surface area contributed by atoms with E-state index in [1.54, 1.807) is 0 Å². The Morgan fingerprint density at radius 2 is 1.94 bits per heavy atom. The van der Waals surface area contributed by atoms with Crippen molar-refractivity contribution in [1.29, 1.82) is 0 Å². The summed E-state index contributed by atoms with van der Waals surface area (Å²) in [5.41, 5.74) is 1.32. The highest BCUT2D eigenvalue weighted by Crippen LogP contribution is 2.33. The summed E-state index contributed by atoms with van der Waals surface area (Å²) in [5.74, 6) is 1.03. The summed E-state index contributed by atoms with van der Waals surface area (Å²) in [6, 6.07) is 11.4. The fourth-order valence-corrected chi connectivity index (χ4v) is 2.96. The van der Waals surface area contributed by atoms with Crippen LogP contribution in [0.5, 0.6) is 0 Å². The van der Waals surface area contributed by atoms with Crippen LogP contribution in [0.2, 0.25) is 0 Å². The smallest absolute Gasteiger partial charge is 0.0130 e. The minimum atomic E-state index is 0.811. The van der Waals surface area contributed by atoms with E-state index in [0.29, 0.717) is 0 Å². The number of rotatable bonds is 5.